The number of anilines is 2. The molecule has 0 aromatic heterocycles. The summed E-state index contributed by atoms with van der Waals surface area (Å²) in [4.78, 5) is 14.7. The smallest absolute Gasteiger partial charge is 0.240 e. The van der Waals surface area contributed by atoms with Crippen LogP contribution in [-0.2, 0) is 21.2 Å². The Bertz CT molecular complexity index is 994. The zero-order valence-corrected chi connectivity index (χ0v) is 18.3. The van der Waals surface area contributed by atoms with E-state index >= 15 is 0 Å². The van der Waals surface area contributed by atoms with Gasteiger partial charge in [0.25, 0.3) is 0 Å². The first kappa shape index (κ1) is 21.5. The van der Waals surface area contributed by atoms with Crippen LogP contribution in [0.15, 0.2) is 42.5 Å². The molecule has 1 amide bonds. The van der Waals surface area contributed by atoms with Crippen LogP contribution >= 0.6 is 11.6 Å². The van der Waals surface area contributed by atoms with Crippen molar-refractivity contribution in [1.29, 1.82) is 0 Å². The summed E-state index contributed by atoms with van der Waals surface area (Å²) in [5.41, 5.74) is 3.67. The van der Waals surface area contributed by atoms with Crippen LogP contribution in [0.2, 0.25) is 5.02 Å². The quantitative estimate of drug-likeness (QED) is 0.647. The molecule has 1 aliphatic heterocycles. The topological polar surface area (TPSA) is 69.7 Å². The highest BCUT2D eigenvalue weighted by Gasteiger charge is 2.23. The predicted octanol–water partition coefficient (Wildman–Crippen LogP) is 2.98. The fourth-order valence-electron chi connectivity index (χ4n) is 3.57. The minimum absolute atomic E-state index is 0.271. The summed E-state index contributed by atoms with van der Waals surface area (Å²) in [6, 6.07) is 13.4. The van der Waals surface area contributed by atoms with Gasteiger partial charge in [-0.25, -0.2) is 8.42 Å². The summed E-state index contributed by atoms with van der Waals surface area (Å²) >= 11 is 6.12. The SMILES string of the molecule is Cc1c(Cl)cccc1N(CC(=O)NCCCN1CCc2ccccc21)S(C)(=O)=O. The van der Waals surface area contributed by atoms with Gasteiger partial charge in [-0.2, -0.15) is 0 Å². The molecule has 1 aliphatic rings. The molecule has 1 N–H and O–H groups in total. The lowest BCUT2D eigenvalue weighted by molar-refractivity contribution is -0.119. The number of rotatable bonds is 8. The number of fused-ring (bicyclic) bond motifs is 1. The molecule has 0 spiro atoms. The maximum Gasteiger partial charge on any atom is 0.240 e. The number of hydrogen-bond acceptors (Lipinski definition) is 4. The maximum atomic E-state index is 12.4. The highest BCUT2D eigenvalue weighted by molar-refractivity contribution is 7.92. The number of nitrogens with zero attached hydrogens (tertiary/aromatic N) is 2. The van der Waals surface area contributed by atoms with Crippen molar-refractivity contribution in [3.05, 3.63) is 58.6 Å². The zero-order valence-electron chi connectivity index (χ0n) is 16.7. The molecule has 29 heavy (non-hydrogen) atoms. The van der Waals surface area contributed by atoms with Gasteiger partial charge >= 0.3 is 0 Å². The number of hydrogen-bond donors (Lipinski definition) is 1. The second-order valence-corrected chi connectivity index (χ2v) is 9.54. The molecular formula is C21H26ClN3O3S. The van der Waals surface area contributed by atoms with Crippen molar-refractivity contribution < 1.29 is 13.2 Å². The molecule has 0 fully saturated rings. The number of benzene rings is 2. The largest absolute Gasteiger partial charge is 0.371 e. The summed E-state index contributed by atoms with van der Waals surface area (Å²) < 4.78 is 25.6. The van der Waals surface area contributed by atoms with E-state index < -0.39 is 10.0 Å². The van der Waals surface area contributed by atoms with Crippen LogP contribution in [0, 0.1) is 6.92 Å². The van der Waals surface area contributed by atoms with Gasteiger partial charge in [0.15, 0.2) is 0 Å². The summed E-state index contributed by atoms with van der Waals surface area (Å²) in [6.07, 6.45) is 2.92. The van der Waals surface area contributed by atoms with Gasteiger partial charge in [-0.3, -0.25) is 9.10 Å². The van der Waals surface area contributed by atoms with Crippen molar-refractivity contribution in [1.82, 2.24) is 5.32 Å². The van der Waals surface area contributed by atoms with E-state index in [1.54, 1.807) is 25.1 Å². The Morgan fingerprint density at radius 2 is 1.97 bits per heavy atom. The van der Waals surface area contributed by atoms with Gasteiger partial charge < -0.3 is 10.2 Å². The highest BCUT2D eigenvalue weighted by Crippen LogP contribution is 2.28. The molecule has 156 valence electrons. The Morgan fingerprint density at radius 1 is 1.21 bits per heavy atom. The van der Waals surface area contributed by atoms with E-state index in [1.165, 1.54) is 11.3 Å². The molecule has 0 aliphatic carbocycles. The number of amides is 1. The molecule has 0 atom stereocenters. The molecule has 2 aromatic rings. The average Bonchev–Trinajstić information content (AvgIpc) is 3.08. The van der Waals surface area contributed by atoms with Gasteiger partial charge in [0, 0.05) is 30.3 Å². The van der Waals surface area contributed by atoms with Crippen molar-refractivity contribution in [2.75, 3.05) is 41.6 Å². The number of para-hydroxylation sites is 1. The van der Waals surface area contributed by atoms with E-state index in [-0.39, 0.29) is 12.5 Å². The molecule has 1 heterocycles. The fourth-order valence-corrected chi connectivity index (χ4v) is 4.65. The molecule has 2 aromatic carbocycles. The van der Waals surface area contributed by atoms with E-state index in [4.69, 9.17) is 11.6 Å². The number of carbonyl (C=O) groups is 1. The van der Waals surface area contributed by atoms with Crippen molar-refractivity contribution in [2.24, 2.45) is 0 Å². The number of halogens is 1. The molecule has 3 rings (SSSR count). The number of sulfonamides is 1. The Morgan fingerprint density at radius 3 is 2.72 bits per heavy atom. The summed E-state index contributed by atoms with van der Waals surface area (Å²) in [5, 5.41) is 3.29. The highest BCUT2D eigenvalue weighted by atomic mass is 35.5. The first-order chi connectivity index (χ1) is 13.8. The van der Waals surface area contributed by atoms with E-state index in [9.17, 15) is 13.2 Å². The van der Waals surface area contributed by atoms with Crippen LogP contribution in [0.5, 0.6) is 0 Å². The predicted molar refractivity (Wildman–Crippen MR) is 118 cm³/mol. The van der Waals surface area contributed by atoms with Gasteiger partial charge in [0.05, 0.1) is 11.9 Å². The minimum atomic E-state index is -3.62. The third-order valence-electron chi connectivity index (χ3n) is 5.11. The van der Waals surface area contributed by atoms with Crippen molar-refractivity contribution in [3.63, 3.8) is 0 Å². The number of nitrogens with one attached hydrogen (secondary N) is 1. The first-order valence-electron chi connectivity index (χ1n) is 9.60. The third kappa shape index (κ3) is 5.22. The van der Waals surface area contributed by atoms with Gasteiger partial charge in [-0.05, 0) is 49.1 Å². The molecular weight excluding hydrogens is 410 g/mol. The second kappa shape index (κ2) is 9.05. The molecule has 6 nitrogen and oxygen atoms in total. The molecule has 0 bridgehead atoms. The maximum absolute atomic E-state index is 12.4. The summed E-state index contributed by atoms with van der Waals surface area (Å²) in [6.45, 7) is 3.79. The van der Waals surface area contributed by atoms with E-state index in [2.05, 4.69) is 28.4 Å². The zero-order chi connectivity index (χ0) is 21.0. The molecule has 0 saturated heterocycles. The van der Waals surface area contributed by atoms with Gasteiger partial charge in [0.1, 0.15) is 6.54 Å². The van der Waals surface area contributed by atoms with E-state index in [0.717, 1.165) is 36.5 Å². The Kier molecular flexibility index (Phi) is 6.70. The Balaban J connectivity index is 1.54. The van der Waals surface area contributed by atoms with Crippen molar-refractivity contribution in [3.8, 4) is 0 Å². The van der Waals surface area contributed by atoms with Crippen LogP contribution in [-0.4, -0.2) is 46.8 Å². The summed E-state index contributed by atoms with van der Waals surface area (Å²) in [5.74, 6) is -0.336. The normalized spacial score (nSPS) is 13.3. The monoisotopic (exact) mass is 435 g/mol. The fraction of sp³-hybridized carbons (Fsp3) is 0.381. The van der Waals surface area contributed by atoms with Crippen molar-refractivity contribution >= 4 is 38.9 Å². The summed E-state index contributed by atoms with van der Waals surface area (Å²) in [7, 11) is -3.62. The minimum Gasteiger partial charge on any atom is -0.371 e. The molecule has 8 heteroatoms. The molecule has 0 unspecified atom stereocenters. The van der Waals surface area contributed by atoms with Crippen LogP contribution in [0.1, 0.15) is 17.5 Å². The van der Waals surface area contributed by atoms with Crippen LogP contribution in [0.25, 0.3) is 0 Å². The van der Waals surface area contributed by atoms with E-state index in [1.807, 2.05) is 6.07 Å². The standard InChI is InChI=1S/C21H26ClN3O3S/c1-16-18(22)8-5-10-19(16)25(29(2,27)28)15-21(26)23-12-6-13-24-14-11-17-7-3-4-9-20(17)24/h3-5,7-10H,6,11-15H2,1-2H3,(H,23,26). The van der Waals surface area contributed by atoms with E-state index in [0.29, 0.717) is 22.8 Å². The van der Waals surface area contributed by atoms with Gasteiger partial charge in [-0.15, -0.1) is 0 Å². The molecule has 0 saturated carbocycles. The Labute approximate surface area is 177 Å². The van der Waals surface area contributed by atoms with Crippen LogP contribution in [0.4, 0.5) is 11.4 Å². The van der Waals surface area contributed by atoms with Crippen LogP contribution < -0.4 is 14.5 Å². The van der Waals surface area contributed by atoms with Crippen LogP contribution in [0.3, 0.4) is 0 Å². The molecule has 0 radical (unpaired) electrons. The lowest BCUT2D eigenvalue weighted by Gasteiger charge is -2.24. The Hall–Kier alpha value is -2.25. The second-order valence-electron chi connectivity index (χ2n) is 7.22. The number of carbonyl (C=O) groups excluding carboxylic acids is 1. The lowest BCUT2D eigenvalue weighted by Crippen LogP contribution is -2.41. The average molecular weight is 436 g/mol. The van der Waals surface area contributed by atoms with Gasteiger partial charge in [-0.1, -0.05) is 35.9 Å². The van der Waals surface area contributed by atoms with Crippen molar-refractivity contribution in [2.45, 2.75) is 19.8 Å². The first-order valence-corrected chi connectivity index (χ1v) is 11.8. The third-order valence-corrected chi connectivity index (χ3v) is 6.64. The van der Waals surface area contributed by atoms with Gasteiger partial charge in [0.2, 0.25) is 15.9 Å². The lowest BCUT2D eigenvalue weighted by atomic mass is 10.2.